The van der Waals surface area contributed by atoms with E-state index in [1.165, 1.54) is 6.92 Å². The van der Waals surface area contributed by atoms with Gasteiger partial charge >= 0.3 is 6.18 Å². The lowest BCUT2D eigenvalue weighted by molar-refractivity contribution is -0.145. The molecule has 0 saturated carbocycles. The molecule has 0 aromatic carbocycles. The first kappa shape index (κ1) is 13.7. The highest BCUT2D eigenvalue weighted by Crippen LogP contribution is 2.25. The van der Waals surface area contributed by atoms with Gasteiger partial charge < -0.3 is 10.4 Å². The van der Waals surface area contributed by atoms with Gasteiger partial charge in [-0.15, -0.1) is 0 Å². The Balaban J connectivity index is 3.72. The second kappa shape index (κ2) is 5.56. The Kier molecular flexibility index (Phi) is 5.44. The van der Waals surface area contributed by atoms with E-state index >= 15 is 0 Å². The molecule has 14 heavy (non-hydrogen) atoms. The summed E-state index contributed by atoms with van der Waals surface area (Å²) < 4.78 is 35.5. The number of halogens is 3. The Morgan fingerprint density at radius 2 is 1.79 bits per heavy atom. The SMILES string of the molecule is CCCNCC(C)(O)CCC(F)(F)F. The first-order valence-corrected chi connectivity index (χ1v) is 4.77. The molecule has 0 aliphatic rings. The normalized spacial score (nSPS) is 16.7. The minimum Gasteiger partial charge on any atom is -0.389 e. The lowest BCUT2D eigenvalue weighted by atomic mass is 10.00. The molecule has 2 N–H and O–H groups in total. The highest BCUT2D eigenvalue weighted by atomic mass is 19.4. The molecule has 86 valence electrons. The van der Waals surface area contributed by atoms with Crippen LogP contribution < -0.4 is 5.32 Å². The summed E-state index contributed by atoms with van der Waals surface area (Å²) in [6, 6.07) is 0. The second-order valence-corrected chi connectivity index (χ2v) is 3.79. The maximum Gasteiger partial charge on any atom is 0.389 e. The molecule has 0 bridgehead atoms. The molecule has 0 radical (unpaired) electrons. The molecule has 2 nitrogen and oxygen atoms in total. The molecule has 0 aliphatic heterocycles. The smallest absolute Gasteiger partial charge is 0.389 e. The lowest BCUT2D eigenvalue weighted by Crippen LogP contribution is -2.39. The fourth-order valence-corrected chi connectivity index (χ4v) is 1.03. The molecule has 0 fully saturated rings. The number of nitrogens with one attached hydrogen (secondary N) is 1. The summed E-state index contributed by atoms with van der Waals surface area (Å²) in [5.74, 6) is 0. The van der Waals surface area contributed by atoms with Gasteiger partial charge in [0.15, 0.2) is 0 Å². The Hall–Kier alpha value is -0.290. The van der Waals surface area contributed by atoms with Crippen LogP contribution in [-0.2, 0) is 0 Å². The van der Waals surface area contributed by atoms with E-state index in [2.05, 4.69) is 5.32 Å². The van der Waals surface area contributed by atoms with Crippen LogP contribution in [0.2, 0.25) is 0 Å². The Bertz CT molecular complexity index is 157. The van der Waals surface area contributed by atoms with Crippen LogP contribution >= 0.6 is 0 Å². The third-order valence-electron chi connectivity index (χ3n) is 1.88. The van der Waals surface area contributed by atoms with Crippen molar-refractivity contribution in [3.8, 4) is 0 Å². The van der Waals surface area contributed by atoms with E-state index in [0.717, 1.165) is 6.42 Å². The Morgan fingerprint density at radius 3 is 2.21 bits per heavy atom. The lowest BCUT2D eigenvalue weighted by Gasteiger charge is -2.24. The topological polar surface area (TPSA) is 32.3 Å². The predicted molar refractivity (Wildman–Crippen MR) is 49.1 cm³/mol. The van der Waals surface area contributed by atoms with E-state index in [4.69, 9.17) is 0 Å². The van der Waals surface area contributed by atoms with Gasteiger partial charge in [0.1, 0.15) is 0 Å². The zero-order chi connectivity index (χ0) is 11.2. The number of rotatable bonds is 6. The van der Waals surface area contributed by atoms with Crippen LogP contribution in [0.15, 0.2) is 0 Å². The number of alkyl halides is 3. The third-order valence-corrected chi connectivity index (χ3v) is 1.88. The Labute approximate surface area is 82.5 Å². The average molecular weight is 213 g/mol. The molecular weight excluding hydrogens is 195 g/mol. The van der Waals surface area contributed by atoms with Gasteiger partial charge in [0.25, 0.3) is 0 Å². The van der Waals surface area contributed by atoms with Crippen LogP contribution in [0.3, 0.4) is 0 Å². The van der Waals surface area contributed by atoms with E-state index in [0.29, 0.717) is 6.54 Å². The van der Waals surface area contributed by atoms with E-state index in [1.807, 2.05) is 6.92 Å². The van der Waals surface area contributed by atoms with Crippen molar-refractivity contribution >= 4 is 0 Å². The van der Waals surface area contributed by atoms with Crippen LogP contribution in [-0.4, -0.2) is 30.0 Å². The van der Waals surface area contributed by atoms with Gasteiger partial charge in [0.05, 0.1) is 5.60 Å². The number of hydrogen-bond acceptors (Lipinski definition) is 2. The second-order valence-electron chi connectivity index (χ2n) is 3.79. The molecule has 0 aliphatic carbocycles. The van der Waals surface area contributed by atoms with Gasteiger partial charge in [0.2, 0.25) is 0 Å². The fraction of sp³-hybridized carbons (Fsp3) is 1.00. The largest absolute Gasteiger partial charge is 0.389 e. The maximum absolute atomic E-state index is 11.8. The van der Waals surface area contributed by atoms with Crippen molar-refractivity contribution in [1.29, 1.82) is 0 Å². The minimum absolute atomic E-state index is 0.205. The fourth-order valence-electron chi connectivity index (χ4n) is 1.03. The van der Waals surface area contributed by atoms with Gasteiger partial charge in [-0.25, -0.2) is 0 Å². The average Bonchev–Trinajstić information content (AvgIpc) is 2.00. The van der Waals surface area contributed by atoms with Crippen LogP contribution in [0, 0.1) is 0 Å². The van der Waals surface area contributed by atoms with Crippen molar-refractivity contribution in [2.45, 2.75) is 44.9 Å². The minimum atomic E-state index is -4.19. The van der Waals surface area contributed by atoms with Crippen molar-refractivity contribution in [2.75, 3.05) is 13.1 Å². The summed E-state index contributed by atoms with van der Waals surface area (Å²) in [4.78, 5) is 0. The summed E-state index contributed by atoms with van der Waals surface area (Å²) in [6.07, 6.45) is -4.48. The molecule has 0 rings (SSSR count). The molecular formula is C9H18F3NO. The van der Waals surface area contributed by atoms with E-state index in [-0.39, 0.29) is 13.0 Å². The van der Waals surface area contributed by atoms with Gasteiger partial charge in [-0.3, -0.25) is 0 Å². The first-order chi connectivity index (χ1) is 6.27. The third kappa shape index (κ3) is 8.31. The van der Waals surface area contributed by atoms with E-state index in [1.54, 1.807) is 0 Å². The van der Waals surface area contributed by atoms with Crippen LogP contribution in [0.4, 0.5) is 13.2 Å². The zero-order valence-corrected chi connectivity index (χ0v) is 8.62. The molecule has 1 atom stereocenters. The van der Waals surface area contributed by atoms with E-state index < -0.39 is 18.2 Å². The molecule has 0 aromatic heterocycles. The first-order valence-electron chi connectivity index (χ1n) is 4.77. The molecule has 0 heterocycles. The summed E-state index contributed by atoms with van der Waals surface area (Å²) in [6.45, 7) is 4.29. The molecule has 1 unspecified atom stereocenters. The number of hydrogen-bond donors (Lipinski definition) is 2. The molecule has 0 spiro atoms. The Morgan fingerprint density at radius 1 is 1.21 bits per heavy atom. The molecule has 0 aromatic rings. The molecule has 0 saturated heterocycles. The summed E-state index contributed by atoms with van der Waals surface area (Å²) in [5.41, 5.74) is -1.27. The monoisotopic (exact) mass is 213 g/mol. The van der Waals surface area contributed by atoms with Crippen LogP contribution in [0.1, 0.15) is 33.1 Å². The van der Waals surface area contributed by atoms with Crippen molar-refractivity contribution in [3.63, 3.8) is 0 Å². The summed E-state index contributed by atoms with van der Waals surface area (Å²) in [7, 11) is 0. The van der Waals surface area contributed by atoms with E-state index in [9.17, 15) is 18.3 Å². The maximum atomic E-state index is 11.8. The number of aliphatic hydroxyl groups is 1. The van der Waals surface area contributed by atoms with Crippen molar-refractivity contribution in [1.82, 2.24) is 5.32 Å². The van der Waals surface area contributed by atoms with Gasteiger partial charge in [-0.05, 0) is 26.3 Å². The highest BCUT2D eigenvalue weighted by Gasteiger charge is 2.31. The zero-order valence-electron chi connectivity index (χ0n) is 8.62. The van der Waals surface area contributed by atoms with Crippen molar-refractivity contribution in [3.05, 3.63) is 0 Å². The standard InChI is InChI=1S/C9H18F3NO/c1-3-6-13-7-8(2,14)4-5-9(10,11)12/h13-14H,3-7H2,1-2H3. The quantitative estimate of drug-likeness (QED) is 0.662. The summed E-state index contributed by atoms with van der Waals surface area (Å²) in [5, 5.41) is 12.4. The van der Waals surface area contributed by atoms with Crippen molar-refractivity contribution < 1.29 is 18.3 Å². The van der Waals surface area contributed by atoms with Crippen LogP contribution in [0.25, 0.3) is 0 Å². The molecule has 5 heteroatoms. The van der Waals surface area contributed by atoms with Gasteiger partial charge in [0, 0.05) is 13.0 Å². The van der Waals surface area contributed by atoms with Gasteiger partial charge in [-0.1, -0.05) is 6.92 Å². The predicted octanol–water partition coefficient (Wildman–Crippen LogP) is 2.08. The highest BCUT2D eigenvalue weighted by molar-refractivity contribution is 4.76. The van der Waals surface area contributed by atoms with Gasteiger partial charge in [-0.2, -0.15) is 13.2 Å². The van der Waals surface area contributed by atoms with Crippen LogP contribution in [0.5, 0.6) is 0 Å². The van der Waals surface area contributed by atoms with Crippen molar-refractivity contribution in [2.24, 2.45) is 0 Å². The summed E-state index contributed by atoms with van der Waals surface area (Å²) >= 11 is 0. The molecule has 0 amide bonds.